The molecular formula is C15H24BrFO2. The predicted molar refractivity (Wildman–Crippen MR) is 83.7 cm³/mol. The van der Waals surface area contributed by atoms with Crippen LogP contribution in [0.2, 0.25) is 0 Å². The summed E-state index contributed by atoms with van der Waals surface area (Å²) in [6.45, 7) is 8.54. The van der Waals surface area contributed by atoms with Gasteiger partial charge in [0, 0.05) is 4.47 Å². The first-order valence-corrected chi connectivity index (χ1v) is 6.71. The van der Waals surface area contributed by atoms with Crippen LogP contribution in [0, 0.1) is 5.82 Å². The summed E-state index contributed by atoms with van der Waals surface area (Å²) in [5.41, 5.74) is 0. The molecule has 0 aliphatic rings. The standard InChI is InChI=1S/C10H12BrFO2.C4H8.CH4/c1-3-13-9-6-7(11)5-8(12)10(9)14-4-2;1-3-4-2;/h5-6H,3-4H2,1-2H3;3-4H,1-2H3;1H4. The lowest BCUT2D eigenvalue weighted by Gasteiger charge is -2.11. The second kappa shape index (κ2) is 12.0. The molecule has 0 bridgehead atoms. The van der Waals surface area contributed by atoms with Gasteiger partial charge in [-0.3, -0.25) is 0 Å². The summed E-state index contributed by atoms with van der Waals surface area (Å²) in [7, 11) is 0. The summed E-state index contributed by atoms with van der Waals surface area (Å²) in [4.78, 5) is 0. The zero-order valence-electron chi connectivity index (χ0n) is 11.3. The van der Waals surface area contributed by atoms with Gasteiger partial charge in [0.1, 0.15) is 0 Å². The third kappa shape index (κ3) is 7.88. The number of allylic oxidation sites excluding steroid dienone is 2. The lowest BCUT2D eigenvalue weighted by molar-refractivity contribution is 0.275. The van der Waals surface area contributed by atoms with Crippen LogP contribution in [0.5, 0.6) is 11.5 Å². The Hall–Kier alpha value is -1.03. The molecule has 0 heterocycles. The van der Waals surface area contributed by atoms with Crippen LogP contribution in [0.1, 0.15) is 35.1 Å². The summed E-state index contributed by atoms with van der Waals surface area (Å²) in [5.74, 6) is 0.198. The van der Waals surface area contributed by atoms with Crippen molar-refractivity contribution in [2.45, 2.75) is 35.1 Å². The minimum atomic E-state index is -0.412. The molecule has 1 aromatic carbocycles. The quantitative estimate of drug-likeness (QED) is 0.667. The highest BCUT2D eigenvalue weighted by Gasteiger charge is 2.12. The number of rotatable bonds is 4. The monoisotopic (exact) mass is 334 g/mol. The van der Waals surface area contributed by atoms with Crippen LogP contribution in [0.15, 0.2) is 28.8 Å². The van der Waals surface area contributed by atoms with Crippen molar-refractivity contribution < 1.29 is 13.9 Å². The van der Waals surface area contributed by atoms with Gasteiger partial charge in [-0.05, 0) is 39.8 Å². The van der Waals surface area contributed by atoms with Crippen molar-refractivity contribution in [2.75, 3.05) is 13.2 Å². The minimum Gasteiger partial charge on any atom is -0.490 e. The van der Waals surface area contributed by atoms with E-state index in [1.54, 1.807) is 13.0 Å². The third-order valence-electron chi connectivity index (χ3n) is 1.90. The van der Waals surface area contributed by atoms with Crippen LogP contribution in [0.4, 0.5) is 4.39 Å². The fraction of sp³-hybridized carbons (Fsp3) is 0.467. The fourth-order valence-corrected chi connectivity index (χ4v) is 1.49. The largest absolute Gasteiger partial charge is 0.490 e. The van der Waals surface area contributed by atoms with Crippen molar-refractivity contribution >= 4 is 15.9 Å². The average Bonchev–Trinajstić information content (AvgIpc) is 2.34. The topological polar surface area (TPSA) is 18.5 Å². The van der Waals surface area contributed by atoms with Gasteiger partial charge in [-0.25, -0.2) is 4.39 Å². The second-order valence-electron chi connectivity index (χ2n) is 3.25. The van der Waals surface area contributed by atoms with E-state index in [4.69, 9.17) is 9.47 Å². The van der Waals surface area contributed by atoms with Gasteiger partial charge in [0.15, 0.2) is 17.3 Å². The fourth-order valence-electron chi connectivity index (χ4n) is 1.08. The van der Waals surface area contributed by atoms with Crippen LogP contribution in [-0.4, -0.2) is 13.2 Å². The van der Waals surface area contributed by atoms with Gasteiger partial charge < -0.3 is 9.47 Å². The molecule has 0 aliphatic carbocycles. The van der Waals surface area contributed by atoms with E-state index in [0.29, 0.717) is 23.4 Å². The predicted octanol–water partition coefficient (Wildman–Crippen LogP) is 5.60. The van der Waals surface area contributed by atoms with Crippen molar-refractivity contribution in [1.82, 2.24) is 0 Å². The first-order chi connectivity index (χ1) is 8.60. The minimum absolute atomic E-state index is 0. The van der Waals surface area contributed by atoms with E-state index in [0.717, 1.165) is 0 Å². The molecule has 0 aliphatic heterocycles. The molecule has 19 heavy (non-hydrogen) atoms. The Bertz CT molecular complexity index is 375. The van der Waals surface area contributed by atoms with Crippen LogP contribution < -0.4 is 9.47 Å². The maximum absolute atomic E-state index is 13.4. The van der Waals surface area contributed by atoms with Gasteiger partial charge in [-0.1, -0.05) is 35.5 Å². The van der Waals surface area contributed by atoms with E-state index in [2.05, 4.69) is 15.9 Å². The molecule has 0 saturated carbocycles. The first kappa shape index (κ1) is 20.3. The summed E-state index contributed by atoms with van der Waals surface area (Å²) in [6, 6.07) is 3.05. The van der Waals surface area contributed by atoms with E-state index >= 15 is 0 Å². The van der Waals surface area contributed by atoms with E-state index < -0.39 is 5.82 Å². The summed E-state index contributed by atoms with van der Waals surface area (Å²) >= 11 is 3.19. The maximum Gasteiger partial charge on any atom is 0.197 e. The van der Waals surface area contributed by atoms with E-state index in [9.17, 15) is 4.39 Å². The van der Waals surface area contributed by atoms with Crippen molar-refractivity contribution in [1.29, 1.82) is 0 Å². The van der Waals surface area contributed by atoms with Gasteiger partial charge in [0.05, 0.1) is 13.2 Å². The molecule has 2 nitrogen and oxygen atoms in total. The van der Waals surface area contributed by atoms with Gasteiger partial charge in [-0.15, -0.1) is 0 Å². The number of ether oxygens (including phenoxy) is 2. The van der Waals surface area contributed by atoms with Crippen LogP contribution in [-0.2, 0) is 0 Å². The zero-order chi connectivity index (χ0) is 14.0. The Labute approximate surface area is 124 Å². The number of halogens is 2. The molecule has 1 aromatic rings. The van der Waals surface area contributed by atoms with Gasteiger partial charge in [-0.2, -0.15) is 0 Å². The number of hydrogen-bond acceptors (Lipinski definition) is 2. The van der Waals surface area contributed by atoms with Crippen LogP contribution in [0.25, 0.3) is 0 Å². The highest BCUT2D eigenvalue weighted by Crippen LogP contribution is 2.33. The molecule has 0 fully saturated rings. The van der Waals surface area contributed by atoms with Crippen molar-refractivity contribution in [2.24, 2.45) is 0 Å². The Morgan fingerprint density at radius 2 is 1.63 bits per heavy atom. The van der Waals surface area contributed by atoms with E-state index in [1.165, 1.54) is 6.07 Å². The van der Waals surface area contributed by atoms with Gasteiger partial charge >= 0.3 is 0 Å². The molecule has 0 N–H and O–H groups in total. The Morgan fingerprint density at radius 3 is 2.05 bits per heavy atom. The van der Waals surface area contributed by atoms with E-state index in [1.807, 2.05) is 32.9 Å². The van der Waals surface area contributed by atoms with Crippen molar-refractivity contribution in [3.63, 3.8) is 0 Å². The van der Waals surface area contributed by atoms with Crippen LogP contribution in [0.3, 0.4) is 0 Å². The number of benzene rings is 1. The SMILES string of the molecule is C.CC=CC.CCOc1cc(Br)cc(F)c1OCC. The summed E-state index contributed by atoms with van der Waals surface area (Å²) < 4.78 is 24.4. The first-order valence-electron chi connectivity index (χ1n) is 5.92. The van der Waals surface area contributed by atoms with Crippen molar-refractivity contribution in [3.05, 3.63) is 34.6 Å². The Kier molecular flexibility index (Phi) is 12.8. The molecule has 0 spiro atoms. The molecule has 0 unspecified atom stereocenters. The second-order valence-corrected chi connectivity index (χ2v) is 4.16. The highest BCUT2D eigenvalue weighted by molar-refractivity contribution is 9.10. The van der Waals surface area contributed by atoms with Gasteiger partial charge in [0.2, 0.25) is 0 Å². The molecule has 4 heteroatoms. The smallest absolute Gasteiger partial charge is 0.197 e. The third-order valence-corrected chi connectivity index (χ3v) is 2.35. The Morgan fingerprint density at radius 1 is 1.11 bits per heavy atom. The molecule has 0 aromatic heterocycles. The van der Waals surface area contributed by atoms with Crippen molar-refractivity contribution in [3.8, 4) is 11.5 Å². The molecule has 0 radical (unpaired) electrons. The lowest BCUT2D eigenvalue weighted by Crippen LogP contribution is -2.00. The maximum atomic E-state index is 13.4. The van der Waals surface area contributed by atoms with E-state index in [-0.39, 0.29) is 13.2 Å². The molecule has 110 valence electrons. The summed E-state index contributed by atoms with van der Waals surface area (Å²) in [5, 5.41) is 0. The summed E-state index contributed by atoms with van der Waals surface area (Å²) in [6.07, 6.45) is 4.00. The molecule has 0 amide bonds. The normalized spacial score (nSPS) is 9.37. The van der Waals surface area contributed by atoms with Crippen LogP contribution >= 0.6 is 15.9 Å². The highest BCUT2D eigenvalue weighted by atomic mass is 79.9. The zero-order valence-corrected chi connectivity index (χ0v) is 12.9. The molecule has 0 atom stereocenters. The molecular weight excluding hydrogens is 311 g/mol. The average molecular weight is 335 g/mol. The molecule has 1 rings (SSSR count). The molecule has 0 saturated heterocycles. The van der Waals surface area contributed by atoms with Gasteiger partial charge in [0.25, 0.3) is 0 Å². The Balaban J connectivity index is 0. The lowest BCUT2D eigenvalue weighted by atomic mass is 10.3. The number of hydrogen-bond donors (Lipinski definition) is 0.